The molecule has 0 radical (unpaired) electrons. The van der Waals surface area contributed by atoms with E-state index in [4.69, 9.17) is 5.73 Å². The molecule has 0 amide bonds. The van der Waals surface area contributed by atoms with E-state index in [2.05, 4.69) is 6.58 Å². The second kappa shape index (κ2) is 3.62. The van der Waals surface area contributed by atoms with E-state index in [-0.39, 0.29) is 0 Å². The highest BCUT2D eigenvalue weighted by molar-refractivity contribution is 5.51. The molecule has 0 unspecified atom stereocenters. The Bertz CT molecular complexity index is 259. The number of benzene rings is 1. The van der Waals surface area contributed by atoms with Crippen molar-refractivity contribution in [3.8, 4) is 0 Å². The maximum Gasteiger partial charge on any atom is 0.0241 e. The van der Waals surface area contributed by atoms with Gasteiger partial charge in [-0.1, -0.05) is 43.0 Å². The standard InChI is InChI=1S/C10H11N/c1-9(11)7-8-10-5-3-2-4-6-10/h2-8H,1,11H2/b8-7+. The maximum atomic E-state index is 5.36. The SMILES string of the molecule is C=C(N)/C=C/c1ccccc1. The van der Waals surface area contributed by atoms with E-state index in [1.807, 2.05) is 36.4 Å². The number of hydrogen-bond acceptors (Lipinski definition) is 1. The summed E-state index contributed by atoms with van der Waals surface area (Å²) < 4.78 is 0. The van der Waals surface area contributed by atoms with Gasteiger partial charge in [0, 0.05) is 5.70 Å². The fraction of sp³-hybridized carbons (Fsp3) is 0. The molecule has 0 atom stereocenters. The lowest BCUT2D eigenvalue weighted by molar-refractivity contribution is 1.46. The molecule has 0 bridgehead atoms. The van der Waals surface area contributed by atoms with Gasteiger partial charge in [-0.2, -0.15) is 0 Å². The van der Waals surface area contributed by atoms with Crippen molar-refractivity contribution in [2.75, 3.05) is 0 Å². The molecule has 0 heterocycles. The summed E-state index contributed by atoms with van der Waals surface area (Å²) in [5.41, 5.74) is 7.07. The van der Waals surface area contributed by atoms with E-state index in [0.29, 0.717) is 5.70 Å². The van der Waals surface area contributed by atoms with Gasteiger partial charge in [-0.15, -0.1) is 0 Å². The summed E-state index contributed by atoms with van der Waals surface area (Å²) in [5, 5.41) is 0. The monoisotopic (exact) mass is 145 g/mol. The second-order valence-corrected chi connectivity index (χ2v) is 2.32. The van der Waals surface area contributed by atoms with E-state index < -0.39 is 0 Å². The number of nitrogens with two attached hydrogens (primary N) is 1. The molecule has 0 spiro atoms. The fourth-order valence-corrected chi connectivity index (χ4v) is 0.767. The van der Waals surface area contributed by atoms with E-state index >= 15 is 0 Å². The summed E-state index contributed by atoms with van der Waals surface area (Å²) in [5.74, 6) is 0. The Balaban J connectivity index is 2.72. The summed E-state index contributed by atoms with van der Waals surface area (Å²) in [7, 11) is 0. The lowest BCUT2D eigenvalue weighted by Crippen LogP contribution is -1.87. The van der Waals surface area contributed by atoms with Crippen molar-refractivity contribution in [2.24, 2.45) is 5.73 Å². The van der Waals surface area contributed by atoms with Gasteiger partial charge < -0.3 is 5.73 Å². The smallest absolute Gasteiger partial charge is 0.0241 e. The minimum atomic E-state index is 0.578. The Morgan fingerprint density at radius 1 is 1.27 bits per heavy atom. The Labute approximate surface area is 66.9 Å². The van der Waals surface area contributed by atoms with E-state index in [1.165, 1.54) is 0 Å². The van der Waals surface area contributed by atoms with Crippen molar-refractivity contribution in [1.82, 2.24) is 0 Å². The van der Waals surface area contributed by atoms with Gasteiger partial charge in [-0.05, 0) is 11.6 Å². The predicted molar refractivity (Wildman–Crippen MR) is 48.8 cm³/mol. The predicted octanol–water partition coefficient (Wildman–Crippen LogP) is 2.17. The fourth-order valence-electron chi connectivity index (χ4n) is 0.767. The molecule has 0 fully saturated rings. The average Bonchev–Trinajstić information content (AvgIpc) is 2.03. The van der Waals surface area contributed by atoms with Crippen molar-refractivity contribution >= 4 is 6.08 Å². The quantitative estimate of drug-likeness (QED) is 0.634. The minimum Gasteiger partial charge on any atom is -0.399 e. The number of rotatable bonds is 2. The Morgan fingerprint density at radius 3 is 2.45 bits per heavy atom. The molecule has 1 nitrogen and oxygen atoms in total. The first-order valence-corrected chi connectivity index (χ1v) is 3.46. The Hall–Kier alpha value is -1.50. The summed E-state index contributed by atoms with van der Waals surface area (Å²) >= 11 is 0. The third kappa shape index (κ3) is 2.72. The molecule has 11 heavy (non-hydrogen) atoms. The molecule has 2 N–H and O–H groups in total. The first-order chi connectivity index (χ1) is 5.29. The molecule has 0 saturated heterocycles. The summed E-state index contributed by atoms with van der Waals surface area (Å²) in [4.78, 5) is 0. The van der Waals surface area contributed by atoms with Gasteiger partial charge in [-0.3, -0.25) is 0 Å². The normalized spacial score (nSPS) is 10.2. The zero-order valence-corrected chi connectivity index (χ0v) is 6.33. The van der Waals surface area contributed by atoms with Crippen LogP contribution in [0.4, 0.5) is 0 Å². The van der Waals surface area contributed by atoms with Crippen molar-refractivity contribution in [2.45, 2.75) is 0 Å². The van der Waals surface area contributed by atoms with Gasteiger partial charge in [0.1, 0.15) is 0 Å². The maximum absolute atomic E-state index is 5.36. The topological polar surface area (TPSA) is 26.0 Å². The van der Waals surface area contributed by atoms with Crippen LogP contribution in [0.25, 0.3) is 6.08 Å². The summed E-state index contributed by atoms with van der Waals surface area (Å²) in [6.45, 7) is 3.56. The number of hydrogen-bond donors (Lipinski definition) is 1. The Kier molecular flexibility index (Phi) is 2.50. The lowest BCUT2D eigenvalue weighted by atomic mass is 10.2. The van der Waals surface area contributed by atoms with Crippen LogP contribution in [0.1, 0.15) is 5.56 Å². The van der Waals surface area contributed by atoms with Crippen LogP contribution in [0.2, 0.25) is 0 Å². The van der Waals surface area contributed by atoms with Crippen LogP contribution < -0.4 is 5.73 Å². The molecule has 0 aliphatic heterocycles. The highest BCUT2D eigenvalue weighted by atomic mass is 14.5. The van der Waals surface area contributed by atoms with Gasteiger partial charge in [0.15, 0.2) is 0 Å². The van der Waals surface area contributed by atoms with Crippen LogP contribution in [-0.4, -0.2) is 0 Å². The molecular weight excluding hydrogens is 134 g/mol. The third-order valence-corrected chi connectivity index (χ3v) is 1.29. The van der Waals surface area contributed by atoms with E-state index in [9.17, 15) is 0 Å². The highest BCUT2D eigenvalue weighted by Gasteiger charge is 1.81. The van der Waals surface area contributed by atoms with Crippen molar-refractivity contribution in [1.29, 1.82) is 0 Å². The van der Waals surface area contributed by atoms with Crippen molar-refractivity contribution in [3.63, 3.8) is 0 Å². The highest BCUT2D eigenvalue weighted by Crippen LogP contribution is 2.01. The first kappa shape index (κ1) is 7.61. The zero-order valence-electron chi connectivity index (χ0n) is 6.33. The second-order valence-electron chi connectivity index (χ2n) is 2.32. The molecule has 1 aromatic carbocycles. The summed E-state index contributed by atoms with van der Waals surface area (Å²) in [6.07, 6.45) is 3.72. The zero-order chi connectivity index (χ0) is 8.10. The van der Waals surface area contributed by atoms with Crippen LogP contribution in [-0.2, 0) is 0 Å². The molecule has 56 valence electrons. The van der Waals surface area contributed by atoms with Gasteiger partial charge in [0.2, 0.25) is 0 Å². The van der Waals surface area contributed by atoms with Crippen LogP contribution in [0.5, 0.6) is 0 Å². The van der Waals surface area contributed by atoms with Crippen molar-refractivity contribution in [3.05, 3.63) is 54.2 Å². The van der Waals surface area contributed by atoms with E-state index in [1.54, 1.807) is 6.08 Å². The van der Waals surface area contributed by atoms with Gasteiger partial charge in [-0.25, -0.2) is 0 Å². The average molecular weight is 145 g/mol. The molecule has 0 aromatic heterocycles. The molecule has 0 aliphatic rings. The van der Waals surface area contributed by atoms with Crippen LogP contribution in [0.3, 0.4) is 0 Å². The van der Waals surface area contributed by atoms with E-state index in [0.717, 1.165) is 5.56 Å². The van der Waals surface area contributed by atoms with Crippen LogP contribution in [0.15, 0.2) is 48.7 Å². The molecule has 0 saturated carbocycles. The first-order valence-electron chi connectivity index (χ1n) is 3.46. The molecule has 1 aromatic rings. The molecule has 1 rings (SSSR count). The van der Waals surface area contributed by atoms with Crippen LogP contribution in [0, 0.1) is 0 Å². The molecule has 0 aliphatic carbocycles. The van der Waals surface area contributed by atoms with Gasteiger partial charge in [0.25, 0.3) is 0 Å². The van der Waals surface area contributed by atoms with Gasteiger partial charge >= 0.3 is 0 Å². The van der Waals surface area contributed by atoms with Gasteiger partial charge in [0.05, 0.1) is 0 Å². The minimum absolute atomic E-state index is 0.578. The van der Waals surface area contributed by atoms with Crippen LogP contribution >= 0.6 is 0 Å². The van der Waals surface area contributed by atoms with Crippen molar-refractivity contribution < 1.29 is 0 Å². The number of allylic oxidation sites excluding steroid dienone is 1. The third-order valence-electron chi connectivity index (χ3n) is 1.29. The molecular formula is C10H11N. The Morgan fingerprint density at radius 2 is 1.91 bits per heavy atom. The molecule has 1 heteroatoms. The lowest BCUT2D eigenvalue weighted by Gasteiger charge is -1.90. The largest absolute Gasteiger partial charge is 0.399 e. The summed E-state index contributed by atoms with van der Waals surface area (Å²) in [6, 6.07) is 9.98.